The van der Waals surface area contributed by atoms with Gasteiger partial charge in [-0.1, -0.05) is 6.58 Å². The number of carbonyl (C=O) groups excluding carboxylic acids is 3. The molecule has 0 heterocycles. The van der Waals surface area contributed by atoms with E-state index in [0.29, 0.717) is 17.5 Å². The molecule has 0 unspecified atom stereocenters. The summed E-state index contributed by atoms with van der Waals surface area (Å²) in [5, 5.41) is 22.2. The van der Waals surface area contributed by atoms with Gasteiger partial charge in [0, 0.05) is 32.3 Å². The first kappa shape index (κ1) is 23.9. The Kier molecular flexibility index (Phi) is 5.80. The lowest BCUT2D eigenvalue weighted by Crippen LogP contribution is -2.31. The predicted octanol–water partition coefficient (Wildman–Crippen LogP) is 3.28. The number of ketones is 1. The second kappa shape index (κ2) is 8.50. The highest BCUT2D eigenvalue weighted by Crippen LogP contribution is 2.49. The Morgan fingerprint density at radius 1 is 1.09 bits per heavy atom. The lowest BCUT2D eigenvalue weighted by atomic mass is 9.70. The number of aromatic hydroxyl groups is 1. The number of allylic oxidation sites excluding steroid dienone is 2. The molecule has 2 aromatic carbocycles. The number of rotatable bonds is 5. The molecule has 0 bridgehead atoms. The van der Waals surface area contributed by atoms with E-state index in [1.165, 1.54) is 13.0 Å². The zero-order chi connectivity index (χ0) is 25.8. The Morgan fingerprint density at radius 2 is 1.77 bits per heavy atom. The van der Waals surface area contributed by atoms with Gasteiger partial charge in [0.2, 0.25) is 0 Å². The highest BCUT2D eigenvalue weighted by Gasteiger charge is 2.42. The van der Waals surface area contributed by atoms with Crippen molar-refractivity contribution in [3.8, 4) is 17.2 Å². The van der Waals surface area contributed by atoms with E-state index in [1.54, 1.807) is 19.1 Å². The lowest BCUT2D eigenvalue weighted by molar-refractivity contribution is -0.131. The van der Waals surface area contributed by atoms with Gasteiger partial charge in [0.05, 0.1) is 16.9 Å². The molecule has 35 heavy (non-hydrogen) atoms. The number of esters is 1. The van der Waals surface area contributed by atoms with Crippen molar-refractivity contribution in [3.63, 3.8) is 0 Å². The van der Waals surface area contributed by atoms with E-state index in [2.05, 4.69) is 6.58 Å². The minimum absolute atomic E-state index is 0.0196. The van der Waals surface area contributed by atoms with Crippen LogP contribution in [-0.4, -0.2) is 42.0 Å². The maximum Gasteiger partial charge on any atom is 0.308 e. The molecule has 0 saturated heterocycles. The topological polar surface area (TPSA) is 139 Å². The summed E-state index contributed by atoms with van der Waals surface area (Å²) in [5.74, 6) is -3.11. The fraction of sp³-hybridized carbons (Fsp3) is 0.269. The lowest BCUT2D eigenvalue weighted by Gasteiger charge is -2.35. The average molecular weight is 479 g/mol. The second-order valence-corrected chi connectivity index (χ2v) is 8.92. The van der Waals surface area contributed by atoms with Gasteiger partial charge in [0.25, 0.3) is 5.91 Å². The van der Waals surface area contributed by atoms with Crippen molar-refractivity contribution in [2.45, 2.75) is 26.7 Å². The van der Waals surface area contributed by atoms with Crippen LogP contribution in [0.15, 0.2) is 36.1 Å². The van der Waals surface area contributed by atoms with E-state index in [0.717, 1.165) is 5.69 Å². The summed E-state index contributed by atoms with van der Waals surface area (Å²) < 4.78 is 10.8. The number of nitrogens with zero attached hydrogens (tertiary/aromatic N) is 1. The van der Waals surface area contributed by atoms with Crippen LogP contribution in [0.3, 0.4) is 0 Å². The van der Waals surface area contributed by atoms with Crippen molar-refractivity contribution in [2.75, 3.05) is 19.0 Å². The summed E-state index contributed by atoms with van der Waals surface area (Å²) in [5.41, 5.74) is 7.34. The number of Topliss-reactive ketones (excluding diaryl/α,β-unsaturated/α-hetero) is 1. The van der Waals surface area contributed by atoms with Crippen molar-refractivity contribution >= 4 is 29.1 Å². The van der Waals surface area contributed by atoms with Crippen molar-refractivity contribution in [1.82, 2.24) is 0 Å². The van der Waals surface area contributed by atoms with Crippen LogP contribution in [0, 0.1) is 5.92 Å². The van der Waals surface area contributed by atoms with Crippen LogP contribution < -0.4 is 20.1 Å². The Labute approximate surface area is 202 Å². The maximum atomic E-state index is 13.8. The molecule has 4 rings (SSSR count). The number of aliphatic hydroxyl groups is 1. The molecule has 0 fully saturated rings. The molecular weight excluding hydrogens is 452 g/mol. The number of primary amides is 1. The van der Waals surface area contributed by atoms with Crippen LogP contribution >= 0.6 is 0 Å². The van der Waals surface area contributed by atoms with Crippen molar-refractivity contribution in [1.29, 1.82) is 0 Å². The van der Waals surface area contributed by atoms with E-state index in [-0.39, 0.29) is 45.9 Å². The molecule has 0 radical (unpaired) electrons. The molecule has 2 aliphatic carbocycles. The zero-order valence-corrected chi connectivity index (χ0v) is 19.9. The molecule has 182 valence electrons. The largest absolute Gasteiger partial charge is 0.507 e. The number of amides is 1. The maximum absolute atomic E-state index is 13.8. The third-order valence-corrected chi connectivity index (χ3v) is 6.15. The van der Waals surface area contributed by atoms with Crippen molar-refractivity contribution < 1.29 is 34.1 Å². The highest BCUT2D eigenvalue weighted by molar-refractivity contribution is 6.18. The number of anilines is 1. The molecular formula is C26H26N2O7. The van der Waals surface area contributed by atoms with E-state index in [1.807, 2.05) is 19.0 Å². The summed E-state index contributed by atoms with van der Waals surface area (Å²) >= 11 is 0. The van der Waals surface area contributed by atoms with Gasteiger partial charge in [-0.15, -0.1) is 0 Å². The van der Waals surface area contributed by atoms with Crippen LogP contribution in [0.2, 0.25) is 0 Å². The molecule has 9 nitrogen and oxygen atoms in total. The summed E-state index contributed by atoms with van der Waals surface area (Å²) in [7, 11) is 3.68. The molecule has 1 atom stereocenters. The van der Waals surface area contributed by atoms with Gasteiger partial charge < -0.3 is 30.3 Å². The fourth-order valence-corrected chi connectivity index (χ4v) is 4.90. The molecule has 1 amide bonds. The van der Waals surface area contributed by atoms with E-state index < -0.39 is 35.1 Å². The Morgan fingerprint density at radius 3 is 2.34 bits per heavy atom. The molecule has 9 heteroatoms. The number of nitrogens with two attached hydrogens (primary N) is 1. The van der Waals surface area contributed by atoms with Crippen LogP contribution in [-0.2, 0) is 17.6 Å². The number of fused-ring (bicyclic) bond motifs is 3. The van der Waals surface area contributed by atoms with Crippen LogP contribution in [0.1, 0.15) is 51.3 Å². The van der Waals surface area contributed by atoms with Gasteiger partial charge in [-0.25, -0.2) is 0 Å². The fourth-order valence-electron chi connectivity index (χ4n) is 4.90. The van der Waals surface area contributed by atoms with Crippen molar-refractivity contribution in [2.24, 2.45) is 11.7 Å². The number of hydrogen-bond acceptors (Lipinski definition) is 8. The quantitative estimate of drug-likeness (QED) is 0.338. The van der Waals surface area contributed by atoms with Gasteiger partial charge >= 0.3 is 5.97 Å². The monoisotopic (exact) mass is 478 g/mol. The Bertz CT molecular complexity index is 1350. The molecule has 2 aliphatic rings. The number of phenols is 1. The number of aliphatic hydroxyl groups excluding tert-OH is 1. The highest BCUT2D eigenvalue weighted by atomic mass is 16.5. The van der Waals surface area contributed by atoms with Gasteiger partial charge in [-0.05, 0) is 55.0 Å². The Hall–Kier alpha value is -4.27. The number of benzene rings is 2. The molecule has 0 saturated carbocycles. The molecule has 0 aliphatic heterocycles. The van der Waals surface area contributed by atoms with Crippen LogP contribution in [0.25, 0.3) is 5.76 Å². The van der Waals surface area contributed by atoms with Gasteiger partial charge in [-0.2, -0.15) is 0 Å². The second-order valence-electron chi connectivity index (χ2n) is 8.92. The summed E-state index contributed by atoms with van der Waals surface area (Å²) in [6, 6.07) is 4.85. The summed E-state index contributed by atoms with van der Waals surface area (Å²) in [6.45, 7) is 6.48. The SMILES string of the molecule is C=C(C)Oc1cc2c(c(O)c1C(N)=O)C(O)=C1C(=O)c3c(OC(C)=O)ccc(N(C)C)c3C[C@H]1C2. The van der Waals surface area contributed by atoms with Crippen LogP contribution in [0.4, 0.5) is 5.69 Å². The number of hydrogen-bond donors (Lipinski definition) is 3. The van der Waals surface area contributed by atoms with E-state index in [4.69, 9.17) is 15.2 Å². The first-order chi connectivity index (χ1) is 16.4. The Balaban J connectivity index is 1.97. The van der Waals surface area contributed by atoms with Crippen LogP contribution in [0.5, 0.6) is 17.2 Å². The third kappa shape index (κ3) is 3.88. The van der Waals surface area contributed by atoms with Gasteiger partial charge in [0.1, 0.15) is 28.6 Å². The molecule has 2 aromatic rings. The van der Waals surface area contributed by atoms with Crippen molar-refractivity contribution in [3.05, 3.63) is 63.9 Å². The molecule has 4 N–H and O–H groups in total. The predicted molar refractivity (Wildman–Crippen MR) is 129 cm³/mol. The minimum Gasteiger partial charge on any atom is -0.507 e. The summed E-state index contributed by atoms with van der Waals surface area (Å²) in [6.07, 6.45) is 0.654. The van der Waals surface area contributed by atoms with E-state index in [9.17, 15) is 24.6 Å². The average Bonchev–Trinajstić information content (AvgIpc) is 2.71. The zero-order valence-electron chi connectivity index (χ0n) is 19.9. The third-order valence-electron chi connectivity index (χ3n) is 6.15. The number of carbonyl (C=O) groups is 3. The first-order valence-corrected chi connectivity index (χ1v) is 10.9. The first-order valence-electron chi connectivity index (χ1n) is 10.9. The molecule has 0 spiro atoms. The molecule has 0 aromatic heterocycles. The minimum atomic E-state index is -0.963. The van der Waals surface area contributed by atoms with E-state index >= 15 is 0 Å². The van der Waals surface area contributed by atoms with Gasteiger partial charge in [0.15, 0.2) is 5.78 Å². The number of ether oxygens (including phenoxy) is 2. The van der Waals surface area contributed by atoms with Gasteiger partial charge in [-0.3, -0.25) is 14.4 Å². The standard InChI is InChI=1S/C26H26N2O7/c1-11(2)34-18-10-14-8-13-9-15-16(28(4)5)6-7-17(35-12(3)29)21(15)24(31)19(13)23(30)20(14)25(32)22(18)26(27)33/h6-7,10,13,30,32H,1,8-9H2,2-5H3,(H2,27,33)/t13-/m1/s1. The smallest absolute Gasteiger partial charge is 0.308 e. The summed E-state index contributed by atoms with van der Waals surface area (Å²) in [4.78, 5) is 39.4. The normalized spacial score (nSPS) is 16.1.